The third kappa shape index (κ3) is 7.85. The first kappa shape index (κ1) is 31.8. The number of H-pyrrole nitrogens is 1. The molecule has 10 nitrogen and oxygen atoms in total. The Hall–Kier alpha value is -4.10. The number of ether oxygens (including phenoxy) is 3. The number of alkyl halides is 3. The fourth-order valence-corrected chi connectivity index (χ4v) is 4.95. The molecule has 4 N–H and O–H groups in total. The Morgan fingerprint density at radius 1 is 1.21 bits per heavy atom. The number of nitrogens with one attached hydrogen (secondary N) is 2. The van der Waals surface area contributed by atoms with Gasteiger partial charge in [-0.2, -0.15) is 13.2 Å². The fraction of sp³-hybridized carbons (Fsp3) is 0.379. The molecule has 43 heavy (non-hydrogen) atoms. The lowest BCUT2D eigenvalue weighted by Crippen LogP contribution is -2.37. The summed E-state index contributed by atoms with van der Waals surface area (Å²) in [7, 11) is 1.31. The number of hydrogen-bond donors (Lipinski definition) is 3. The summed E-state index contributed by atoms with van der Waals surface area (Å²) in [5.74, 6) is -2.75. The van der Waals surface area contributed by atoms with E-state index in [-0.39, 0.29) is 63.2 Å². The lowest BCUT2D eigenvalue weighted by atomic mass is 9.82. The standard InChI is InChI=1S/C29H30ClF3N4O6/c1-28(9-3-10-28)43-11-8-18(26(39)37-17-5-6-20(25(34)38)35-13-17)24-23(22(41-2)14-36-27(24)40)19-12-16(30)4-7-21(19)42-15-29(31,32)33/h4-7,12-14,18H,3,8-11,15H2,1-2H3,(H2,34,38)(H,36,40)(H,37,39). The van der Waals surface area contributed by atoms with Crippen molar-refractivity contribution in [2.24, 2.45) is 5.73 Å². The van der Waals surface area contributed by atoms with Crippen LogP contribution >= 0.6 is 11.6 Å². The first-order valence-electron chi connectivity index (χ1n) is 13.3. The molecule has 0 bridgehead atoms. The second kappa shape index (κ2) is 13.0. The van der Waals surface area contributed by atoms with E-state index in [0.29, 0.717) is 0 Å². The van der Waals surface area contributed by atoms with Crippen LogP contribution in [-0.4, -0.2) is 53.9 Å². The normalized spacial score (nSPS) is 14.8. The van der Waals surface area contributed by atoms with Crippen molar-refractivity contribution in [1.29, 1.82) is 0 Å². The van der Waals surface area contributed by atoms with Crippen LogP contribution in [0.5, 0.6) is 11.5 Å². The van der Waals surface area contributed by atoms with Crippen molar-refractivity contribution in [1.82, 2.24) is 9.97 Å². The number of methoxy groups -OCH3 is 1. The number of benzene rings is 1. The van der Waals surface area contributed by atoms with E-state index in [1.165, 1.54) is 49.8 Å². The van der Waals surface area contributed by atoms with E-state index in [9.17, 15) is 27.6 Å². The van der Waals surface area contributed by atoms with E-state index in [0.717, 1.165) is 19.3 Å². The Kier molecular flexibility index (Phi) is 9.65. The van der Waals surface area contributed by atoms with Gasteiger partial charge in [-0.1, -0.05) is 11.6 Å². The number of anilines is 1. The average Bonchev–Trinajstić information content (AvgIpc) is 2.93. The predicted molar refractivity (Wildman–Crippen MR) is 153 cm³/mol. The molecule has 1 saturated carbocycles. The minimum atomic E-state index is -4.65. The van der Waals surface area contributed by atoms with Crippen molar-refractivity contribution in [2.45, 2.75) is 50.3 Å². The molecule has 0 radical (unpaired) electrons. The number of pyridine rings is 2. The van der Waals surface area contributed by atoms with Crippen LogP contribution in [0.1, 0.15) is 54.6 Å². The van der Waals surface area contributed by atoms with Crippen molar-refractivity contribution >= 4 is 29.1 Å². The number of carbonyl (C=O) groups is 2. The van der Waals surface area contributed by atoms with Gasteiger partial charge in [-0.15, -0.1) is 0 Å². The maximum atomic E-state index is 13.8. The minimum absolute atomic E-state index is 0.0180. The minimum Gasteiger partial charge on any atom is -0.495 e. The molecule has 14 heteroatoms. The summed E-state index contributed by atoms with van der Waals surface area (Å²) < 4.78 is 55.9. The third-order valence-corrected chi connectivity index (χ3v) is 7.37. The monoisotopic (exact) mass is 622 g/mol. The number of aromatic amines is 1. The van der Waals surface area contributed by atoms with Crippen LogP contribution in [0, 0.1) is 0 Å². The van der Waals surface area contributed by atoms with Gasteiger partial charge >= 0.3 is 6.18 Å². The smallest absolute Gasteiger partial charge is 0.422 e. The van der Waals surface area contributed by atoms with Gasteiger partial charge in [0.05, 0.1) is 30.5 Å². The van der Waals surface area contributed by atoms with Gasteiger partial charge in [0.1, 0.15) is 17.2 Å². The van der Waals surface area contributed by atoms with Crippen LogP contribution in [0.15, 0.2) is 47.5 Å². The van der Waals surface area contributed by atoms with Gasteiger partial charge in [0.2, 0.25) is 5.91 Å². The van der Waals surface area contributed by atoms with Crippen molar-refractivity contribution in [3.63, 3.8) is 0 Å². The number of halogens is 4. The predicted octanol–water partition coefficient (Wildman–Crippen LogP) is 5.21. The molecule has 3 aromatic rings. The number of hydrogen-bond acceptors (Lipinski definition) is 7. The van der Waals surface area contributed by atoms with Gasteiger partial charge in [0.25, 0.3) is 11.5 Å². The van der Waals surface area contributed by atoms with Gasteiger partial charge in [0.15, 0.2) is 6.61 Å². The number of rotatable bonds is 12. The Balaban J connectivity index is 1.81. The van der Waals surface area contributed by atoms with Crippen LogP contribution < -0.4 is 26.1 Å². The summed E-state index contributed by atoms with van der Waals surface area (Å²) >= 11 is 6.24. The summed E-state index contributed by atoms with van der Waals surface area (Å²) in [6.45, 7) is 0.446. The summed E-state index contributed by atoms with van der Waals surface area (Å²) in [6.07, 6.45) is 0.541. The molecule has 2 heterocycles. The van der Waals surface area contributed by atoms with Crippen LogP contribution in [0.3, 0.4) is 0 Å². The maximum absolute atomic E-state index is 13.8. The second-order valence-electron chi connectivity index (χ2n) is 10.3. The Morgan fingerprint density at radius 3 is 2.53 bits per heavy atom. The zero-order chi connectivity index (χ0) is 31.4. The maximum Gasteiger partial charge on any atom is 0.422 e. The van der Waals surface area contributed by atoms with Crippen molar-refractivity contribution in [3.05, 3.63) is 69.4 Å². The largest absolute Gasteiger partial charge is 0.495 e. The first-order chi connectivity index (χ1) is 20.3. The van der Waals surface area contributed by atoms with Crippen LogP contribution in [0.4, 0.5) is 18.9 Å². The molecule has 0 aliphatic heterocycles. The molecule has 0 spiro atoms. The molecule has 1 fully saturated rings. The molecular weight excluding hydrogens is 593 g/mol. The lowest BCUT2D eigenvalue weighted by molar-refractivity contribution is -0.153. The van der Waals surface area contributed by atoms with Gasteiger partial charge in [-0.05, 0) is 62.9 Å². The van der Waals surface area contributed by atoms with Crippen molar-refractivity contribution in [2.75, 3.05) is 25.6 Å². The molecule has 2 amide bonds. The molecule has 1 aromatic carbocycles. The van der Waals surface area contributed by atoms with Crippen molar-refractivity contribution < 1.29 is 37.0 Å². The average molecular weight is 623 g/mol. The summed E-state index contributed by atoms with van der Waals surface area (Å²) in [5.41, 5.74) is 4.35. The van der Waals surface area contributed by atoms with Gasteiger partial charge in [0, 0.05) is 34.5 Å². The van der Waals surface area contributed by atoms with Crippen LogP contribution in [0.2, 0.25) is 5.02 Å². The SMILES string of the molecule is COc1c[nH]c(=O)c(C(CCOC2(C)CCC2)C(=O)Nc2ccc(C(N)=O)nc2)c1-c1cc(Cl)ccc1OCC(F)(F)F. The highest BCUT2D eigenvalue weighted by atomic mass is 35.5. The number of carbonyl (C=O) groups excluding carboxylic acids is 2. The highest BCUT2D eigenvalue weighted by Gasteiger charge is 2.35. The van der Waals surface area contributed by atoms with E-state index >= 15 is 0 Å². The Labute approximate surface area is 249 Å². The van der Waals surface area contributed by atoms with Gasteiger partial charge in [-0.3, -0.25) is 14.4 Å². The molecular formula is C29H30ClF3N4O6. The van der Waals surface area contributed by atoms with E-state index in [4.69, 9.17) is 31.5 Å². The molecule has 1 unspecified atom stereocenters. The molecule has 0 saturated heterocycles. The zero-order valence-electron chi connectivity index (χ0n) is 23.3. The third-order valence-electron chi connectivity index (χ3n) is 7.13. The van der Waals surface area contributed by atoms with Crippen LogP contribution in [0.25, 0.3) is 11.1 Å². The summed E-state index contributed by atoms with van der Waals surface area (Å²) in [5, 5.41) is 2.83. The number of nitrogens with two attached hydrogens (primary N) is 1. The van der Waals surface area contributed by atoms with Crippen LogP contribution in [-0.2, 0) is 9.53 Å². The summed E-state index contributed by atoms with van der Waals surface area (Å²) in [6, 6.07) is 6.67. The van der Waals surface area contributed by atoms with E-state index in [2.05, 4.69) is 15.3 Å². The highest BCUT2D eigenvalue weighted by molar-refractivity contribution is 6.31. The van der Waals surface area contributed by atoms with Crippen molar-refractivity contribution in [3.8, 4) is 22.6 Å². The highest BCUT2D eigenvalue weighted by Crippen LogP contribution is 2.43. The second-order valence-corrected chi connectivity index (χ2v) is 10.7. The number of aromatic nitrogens is 2. The van der Waals surface area contributed by atoms with Gasteiger partial charge < -0.3 is 30.2 Å². The molecule has 2 aromatic heterocycles. The quantitative estimate of drug-likeness (QED) is 0.251. The molecule has 4 rings (SSSR count). The molecule has 1 atom stereocenters. The molecule has 1 aliphatic carbocycles. The molecule has 230 valence electrons. The van der Waals surface area contributed by atoms with Gasteiger partial charge in [-0.25, -0.2) is 4.98 Å². The lowest BCUT2D eigenvalue weighted by Gasteiger charge is -2.38. The van der Waals surface area contributed by atoms with E-state index in [1.807, 2.05) is 6.92 Å². The Bertz CT molecular complexity index is 1540. The Morgan fingerprint density at radius 2 is 1.95 bits per heavy atom. The van der Waals surface area contributed by atoms with E-state index < -0.39 is 36.1 Å². The first-order valence-corrected chi connectivity index (χ1v) is 13.7. The summed E-state index contributed by atoms with van der Waals surface area (Å²) in [4.78, 5) is 45.2. The zero-order valence-corrected chi connectivity index (χ0v) is 24.1. The number of nitrogens with zero attached hydrogens (tertiary/aromatic N) is 1. The molecule has 1 aliphatic rings. The topological polar surface area (TPSA) is 146 Å². The number of amides is 2. The fourth-order valence-electron chi connectivity index (χ4n) is 4.77. The van der Waals surface area contributed by atoms with E-state index in [1.54, 1.807) is 0 Å². The number of primary amides is 1.